The number of rotatable bonds is 2. The van der Waals surface area contributed by atoms with Crippen molar-refractivity contribution in [1.29, 1.82) is 0 Å². The van der Waals surface area contributed by atoms with Crippen LogP contribution in [0, 0.1) is 17.3 Å². The van der Waals surface area contributed by atoms with Crippen LogP contribution in [0.5, 0.6) is 0 Å². The highest BCUT2D eigenvalue weighted by atomic mass is 16.4. The van der Waals surface area contributed by atoms with E-state index < -0.39 is 29.2 Å². The van der Waals surface area contributed by atoms with Crippen molar-refractivity contribution in [2.75, 3.05) is 0 Å². The fourth-order valence-corrected chi connectivity index (χ4v) is 2.09. The fourth-order valence-electron chi connectivity index (χ4n) is 2.09. The van der Waals surface area contributed by atoms with Gasteiger partial charge >= 0.3 is 11.9 Å². The third-order valence-corrected chi connectivity index (χ3v) is 2.88. The number of carbonyl (C=O) groups is 2. The Morgan fingerprint density at radius 1 is 1.23 bits per heavy atom. The van der Waals surface area contributed by atoms with Gasteiger partial charge in [-0.25, -0.2) is 0 Å². The second kappa shape index (κ2) is 3.01. The zero-order chi connectivity index (χ0) is 10.2. The second-order valence-electron chi connectivity index (χ2n) is 4.35. The molecule has 2 N–H and O–H groups in total. The van der Waals surface area contributed by atoms with E-state index in [1.807, 2.05) is 13.8 Å². The Morgan fingerprint density at radius 2 is 1.77 bits per heavy atom. The van der Waals surface area contributed by atoms with Gasteiger partial charge in [-0.15, -0.1) is 0 Å². The summed E-state index contributed by atoms with van der Waals surface area (Å²) >= 11 is 0. The maximum absolute atomic E-state index is 10.8. The molecule has 0 saturated heterocycles. The number of hydrogen-bond donors (Lipinski definition) is 2. The van der Waals surface area contributed by atoms with Gasteiger partial charge in [0.1, 0.15) is 0 Å². The maximum Gasteiger partial charge on any atom is 0.307 e. The van der Waals surface area contributed by atoms with Crippen LogP contribution in [0.4, 0.5) is 0 Å². The van der Waals surface area contributed by atoms with Crippen LogP contribution < -0.4 is 0 Å². The summed E-state index contributed by atoms with van der Waals surface area (Å²) in [7, 11) is 0. The topological polar surface area (TPSA) is 74.6 Å². The fraction of sp³-hybridized carbons (Fsp3) is 0.778. The summed E-state index contributed by atoms with van der Waals surface area (Å²) in [5.74, 6) is -2.77. The van der Waals surface area contributed by atoms with Crippen LogP contribution in [0.25, 0.3) is 0 Å². The van der Waals surface area contributed by atoms with Crippen molar-refractivity contribution in [2.24, 2.45) is 17.3 Å². The van der Waals surface area contributed by atoms with E-state index in [2.05, 4.69) is 0 Å². The second-order valence-corrected chi connectivity index (χ2v) is 4.35. The summed E-state index contributed by atoms with van der Waals surface area (Å²) in [6.07, 6.45) is 0.719. The van der Waals surface area contributed by atoms with Gasteiger partial charge in [0.15, 0.2) is 0 Å². The van der Waals surface area contributed by atoms with Crippen LogP contribution in [0.3, 0.4) is 0 Å². The van der Waals surface area contributed by atoms with Crippen molar-refractivity contribution in [1.82, 2.24) is 0 Å². The number of carboxylic acid groups (broad SMARTS) is 2. The molecule has 1 saturated carbocycles. The molecule has 0 aromatic heterocycles. The molecule has 0 unspecified atom stereocenters. The minimum Gasteiger partial charge on any atom is -0.481 e. The zero-order valence-corrected chi connectivity index (χ0v) is 7.78. The predicted molar refractivity (Wildman–Crippen MR) is 45.3 cm³/mol. The van der Waals surface area contributed by atoms with Gasteiger partial charge in [-0.2, -0.15) is 0 Å². The number of hydrogen-bond acceptors (Lipinski definition) is 2. The first kappa shape index (κ1) is 10.0. The monoisotopic (exact) mass is 186 g/mol. The SMILES string of the molecule is CC1(C)C[C@H](C(=O)O)C[C@@H]1C(=O)O. The summed E-state index contributed by atoms with van der Waals surface area (Å²) in [6.45, 7) is 3.63. The van der Waals surface area contributed by atoms with Gasteiger partial charge in [-0.1, -0.05) is 13.8 Å². The van der Waals surface area contributed by atoms with E-state index in [1.54, 1.807) is 0 Å². The van der Waals surface area contributed by atoms with Crippen molar-refractivity contribution in [3.8, 4) is 0 Å². The molecule has 0 heterocycles. The van der Waals surface area contributed by atoms with Crippen LogP contribution in [0.1, 0.15) is 26.7 Å². The van der Waals surface area contributed by atoms with E-state index in [0.717, 1.165) is 0 Å². The van der Waals surface area contributed by atoms with Crippen molar-refractivity contribution >= 4 is 11.9 Å². The highest BCUT2D eigenvalue weighted by molar-refractivity contribution is 5.76. The Labute approximate surface area is 76.6 Å². The quantitative estimate of drug-likeness (QED) is 0.679. The Hall–Kier alpha value is -1.06. The minimum absolute atomic E-state index is 0.262. The summed E-state index contributed by atoms with van der Waals surface area (Å²) in [5, 5.41) is 17.6. The van der Waals surface area contributed by atoms with Crippen LogP contribution >= 0.6 is 0 Å². The molecule has 1 aliphatic rings. The highest BCUT2D eigenvalue weighted by Gasteiger charge is 2.46. The van der Waals surface area contributed by atoms with Crippen LogP contribution in [0.15, 0.2) is 0 Å². The number of carboxylic acids is 2. The molecule has 0 spiro atoms. The molecule has 1 rings (SSSR count). The lowest BCUT2D eigenvalue weighted by molar-refractivity contribution is -0.144. The standard InChI is InChI=1S/C9H14O4/c1-9(2)4-5(7(10)11)3-6(9)8(12)13/h5-6H,3-4H2,1-2H3,(H,10,11)(H,12,13)/t5-,6-/m1/s1. The zero-order valence-electron chi connectivity index (χ0n) is 7.78. The molecule has 0 aromatic rings. The van der Waals surface area contributed by atoms with E-state index in [1.165, 1.54) is 0 Å². The van der Waals surface area contributed by atoms with E-state index in [-0.39, 0.29) is 6.42 Å². The first-order valence-electron chi connectivity index (χ1n) is 4.30. The third kappa shape index (κ3) is 1.82. The smallest absolute Gasteiger partial charge is 0.307 e. The minimum atomic E-state index is -0.881. The van der Waals surface area contributed by atoms with Crippen molar-refractivity contribution in [3.63, 3.8) is 0 Å². The highest BCUT2D eigenvalue weighted by Crippen LogP contribution is 2.46. The van der Waals surface area contributed by atoms with Crippen LogP contribution in [-0.2, 0) is 9.59 Å². The molecule has 1 aliphatic carbocycles. The lowest BCUT2D eigenvalue weighted by atomic mass is 9.82. The molecule has 0 aliphatic heterocycles. The molecule has 4 nitrogen and oxygen atoms in total. The van der Waals surface area contributed by atoms with Crippen molar-refractivity contribution in [3.05, 3.63) is 0 Å². The molecule has 0 amide bonds. The van der Waals surface area contributed by atoms with Crippen LogP contribution in [-0.4, -0.2) is 22.2 Å². The lowest BCUT2D eigenvalue weighted by Gasteiger charge is -2.22. The van der Waals surface area contributed by atoms with E-state index >= 15 is 0 Å². The molecule has 74 valence electrons. The van der Waals surface area contributed by atoms with Gasteiger partial charge < -0.3 is 10.2 Å². The van der Waals surface area contributed by atoms with Gasteiger partial charge in [0.25, 0.3) is 0 Å². The average Bonchev–Trinajstić information content (AvgIpc) is 2.25. The van der Waals surface area contributed by atoms with Gasteiger partial charge in [0.2, 0.25) is 0 Å². The first-order valence-corrected chi connectivity index (χ1v) is 4.30. The molecule has 2 atom stereocenters. The molecular weight excluding hydrogens is 172 g/mol. The van der Waals surface area contributed by atoms with E-state index in [0.29, 0.717) is 6.42 Å². The van der Waals surface area contributed by atoms with E-state index in [4.69, 9.17) is 10.2 Å². The summed E-state index contributed by atoms with van der Waals surface area (Å²) in [5.41, 5.74) is -0.394. The summed E-state index contributed by atoms with van der Waals surface area (Å²) < 4.78 is 0. The molecule has 13 heavy (non-hydrogen) atoms. The summed E-state index contributed by atoms with van der Waals surface area (Å²) in [6, 6.07) is 0. The molecule has 1 fully saturated rings. The normalized spacial score (nSPS) is 31.5. The molecule has 4 heteroatoms. The Balaban J connectivity index is 2.79. The van der Waals surface area contributed by atoms with Gasteiger partial charge in [-0.3, -0.25) is 9.59 Å². The van der Waals surface area contributed by atoms with Crippen LogP contribution in [0.2, 0.25) is 0 Å². The largest absolute Gasteiger partial charge is 0.481 e. The van der Waals surface area contributed by atoms with Gasteiger partial charge in [0, 0.05) is 0 Å². The van der Waals surface area contributed by atoms with Crippen molar-refractivity contribution < 1.29 is 19.8 Å². The Bertz CT molecular complexity index is 244. The van der Waals surface area contributed by atoms with E-state index in [9.17, 15) is 9.59 Å². The van der Waals surface area contributed by atoms with Crippen molar-refractivity contribution in [2.45, 2.75) is 26.7 Å². The average molecular weight is 186 g/mol. The first-order chi connectivity index (χ1) is 5.84. The maximum atomic E-state index is 10.8. The summed E-state index contributed by atoms with van der Waals surface area (Å²) in [4.78, 5) is 21.5. The third-order valence-electron chi connectivity index (χ3n) is 2.88. The van der Waals surface area contributed by atoms with Gasteiger partial charge in [0.05, 0.1) is 11.8 Å². The molecule has 0 aromatic carbocycles. The Morgan fingerprint density at radius 3 is 2.00 bits per heavy atom. The lowest BCUT2D eigenvalue weighted by Crippen LogP contribution is -2.25. The predicted octanol–water partition coefficient (Wildman–Crippen LogP) is 1.21. The number of aliphatic carboxylic acids is 2. The molecule has 0 bridgehead atoms. The molecular formula is C9H14O4. The Kier molecular flexibility index (Phi) is 2.32. The molecule has 0 radical (unpaired) electrons. The van der Waals surface area contributed by atoms with Gasteiger partial charge in [-0.05, 0) is 18.3 Å².